The minimum absolute atomic E-state index is 0.120. The molecule has 0 aliphatic carbocycles. The van der Waals surface area contributed by atoms with Gasteiger partial charge in [-0.3, -0.25) is 4.79 Å². The summed E-state index contributed by atoms with van der Waals surface area (Å²) in [5, 5.41) is 4.86. The number of aryl methyl sites for hydroxylation is 2. The number of H-pyrrole nitrogens is 1. The van der Waals surface area contributed by atoms with Crippen molar-refractivity contribution in [3.8, 4) is 0 Å². The lowest BCUT2D eigenvalue weighted by Gasteiger charge is -2.26. The Balaban J connectivity index is 1.93. The Bertz CT molecular complexity index is 1110. The van der Waals surface area contributed by atoms with Crippen molar-refractivity contribution >= 4 is 28.2 Å². The minimum atomic E-state index is -0.275. The Labute approximate surface area is 182 Å². The van der Waals surface area contributed by atoms with Gasteiger partial charge in [-0.25, -0.2) is 4.39 Å². The Morgan fingerprint density at radius 2 is 1.83 bits per heavy atom. The third kappa shape index (κ3) is 5.45. The molecule has 158 valence electrons. The molecule has 0 fully saturated rings. The molecule has 0 unspecified atom stereocenters. The largest absolute Gasteiger partial charge is 0.362 e. The minimum Gasteiger partial charge on any atom is -0.362 e. The Kier molecular flexibility index (Phi) is 6.87. The second-order valence-electron chi connectivity index (χ2n) is 8.23. The molecule has 2 N–H and O–H groups in total. The van der Waals surface area contributed by atoms with Crippen LogP contribution in [0.1, 0.15) is 36.1 Å². The standard InChI is InChI=1S/C24H28FN3OS/c1-15(2)12-26-24(30)28(13-18-5-7-21(25)8-6-18)14-20-11-19-10-16(3)9-17(4)22(19)27-23(20)29/h5-11,15H,12-14H2,1-4H3,(H,26,30)(H,27,29). The molecule has 3 rings (SSSR count). The van der Waals surface area contributed by atoms with Crippen molar-refractivity contribution in [1.29, 1.82) is 0 Å². The molecule has 30 heavy (non-hydrogen) atoms. The second-order valence-corrected chi connectivity index (χ2v) is 8.62. The lowest BCUT2D eigenvalue weighted by molar-refractivity contribution is 0.394. The third-order valence-corrected chi connectivity index (χ3v) is 5.37. The van der Waals surface area contributed by atoms with E-state index in [0.29, 0.717) is 29.7 Å². The van der Waals surface area contributed by atoms with Gasteiger partial charge in [-0.1, -0.05) is 37.6 Å². The molecule has 0 saturated heterocycles. The first-order valence-electron chi connectivity index (χ1n) is 10.1. The molecule has 0 spiro atoms. The number of pyridine rings is 1. The van der Waals surface area contributed by atoms with Gasteiger partial charge in [-0.15, -0.1) is 0 Å². The molecule has 1 aromatic heterocycles. The van der Waals surface area contributed by atoms with Crippen LogP contribution in [0.15, 0.2) is 47.3 Å². The molecule has 0 bridgehead atoms. The first-order chi connectivity index (χ1) is 14.2. The number of hydrogen-bond acceptors (Lipinski definition) is 2. The maximum atomic E-state index is 13.3. The summed E-state index contributed by atoms with van der Waals surface area (Å²) in [5.41, 5.74) is 4.50. The Hall–Kier alpha value is -2.73. The van der Waals surface area contributed by atoms with Gasteiger partial charge in [0, 0.05) is 18.7 Å². The van der Waals surface area contributed by atoms with E-state index in [-0.39, 0.29) is 11.4 Å². The topological polar surface area (TPSA) is 48.1 Å². The van der Waals surface area contributed by atoms with E-state index in [1.165, 1.54) is 12.1 Å². The quantitative estimate of drug-likeness (QED) is 0.556. The van der Waals surface area contributed by atoms with E-state index in [4.69, 9.17) is 12.2 Å². The summed E-state index contributed by atoms with van der Waals surface area (Å²) in [4.78, 5) is 17.8. The molecule has 3 aromatic rings. The average molecular weight is 426 g/mol. The van der Waals surface area contributed by atoms with Crippen LogP contribution in [0.2, 0.25) is 0 Å². The van der Waals surface area contributed by atoms with Crippen LogP contribution < -0.4 is 10.9 Å². The molecule has 0 radical (unpaired) electrons. The van der Waals surface area contributed by atoms with Gasteiger partial charge in [-0.2, -0.15) is 0 Å². The number of aromatic amines is 1. The fraction of sp³-hybridized carbons (Fsp3) is 0.333. The summed E-state index contributed by atoms with van der Waals surface area (Å²) >= 11 is 5.63. The van der Waals surface area contributed by atoms with Crippen LogP contribution in [0.3, 0.4) is 0 Å². The van der Waals surface area contributed by atoms with Crippen LogP contribution >= 0.6 is 12.2 Å². The fourth-order valence-electron chi connectivity index (χ4n) is 3.47. The number of nitrogens with one attached hydrogen (secondary N) is 2. The van der Waals surface area contributed by atoms with E-state index in [2.05, 4.69) is 36.3 Å². The smallest absolute Gasteiger partial charge is 0.253 e. The molecule has 4 nitrogen and oxygen atoms in total. The van der Waals surface area contributed by atoms with Gasteiger partial charge in [0.05, 0.1) is 12.1 Å². The van der Waals surface area contributed by atoms with Crippen molar-refractivity contribution in [2.24, 2.45) is 5.92 Å². The summed E-state index contributed by atoms with van der Waals surface area (Å²) in [6.07, 6.45) is 0. The van der Waals surface area contributed by atoms with Gasteiger partial charge < -0.3 is 15.2 Å². The van der Waals surface area contributed by atoms with Crippen LogP contribution in [-0.2, 0) is 13.1 Å². The predicted octanol–water partition coefficient (Wildman–Crippen LogP) is 4.82. The zero-order valence-corrected chi connectivity index (χ0v) is 18.7. The zero-order valence-electron chi connectivity index (χ0n) is 17.9. The highest BCUT2D eigenvalue weighted by atomic mass is 32.1. The van der Waals surface area contributed by atoms with Gasteiger partial charge >= 0.3 is 0 Å². The first kappa shape index (κ1) is 22.0. The fourth-order valence-corrected chi connectivity index (χ4v) is 3.68. The molecule has 0 aliphatic heterocycles. The van der Waals surface area contributed by atoms with Crippen LogP contribution in [0, 0.1) is 25.6 Å². The number of nitrogens with zero attached hydrogens (tertiary/aromatic N) is 1. The van der Waals surface area contributed by atoms with E-state index < -0.39 is 0 Å². The number of fused-ring (bicyclic) bond motifs is 1. The van der Waals surface area contributed by atoms with Crippen molar-refractivity contribution in [2.75, 3.05) is 6.54 Å². The van der Waals surface area contributed by atoms with Gasteiger partial charge in [0.1, 0.15) is 5.82 Å². The van der Waals surface area contributed by atoms with Crippen molar-refractivity contribution in [3.63, 3.8) is 0 Å². The number of hydrogen-bond donors (Lipinski definition) is 2. The van der Waals surface area contributed by atoms with Gasteiger partial charge in [0.15, 0.2) is 5.11 Å². The molecule has 0 amide bonds. The summed E-state index contributed by atoms with van der Waals surface area (Å²) in [6.45, 7) is 9.84. The number of rotatable bonds is 6. The molecular weight excluding hydrogens is 397 g/mol. The van der Waals surface area contributed by atoms with Gasteiger partial charge in [-0.05, 0) is 72.8 Å². The normalized spacial score (nSPS) is 11.1. The van der Waals surface area contributed by atoms with Gasteiger partial charge in [0.2, 0.25) is 0 Å². The highest BCUT2D eigenvalue weighted by molar-refractivity contribution is 7.80. The van der Waals surface area contributed by atoms with Crippen molar-refractivity contribution in [2.45, 2.75) is 40.8 Å². The summed E-state index contributed by atoms with van der Waals surface area (Å²) in [5.74, 6) is 0.160. The van der Waals surface area contributed by atoms with Crippen LogP contribution in [0.25, 0.3) is 10.9 Å². The van der Waals surface area contributed by atoms with E-state index in [0.717, 1.165) is 34.1 Å². The highest BCUT2D eigenvalue weighted by Crippen LogP contribution is 2.19. The third-order valence-electron chi connectivity index (χ3n) is 4.97. The molecular formula is C24H28FN3OS. The van der Waals surface area contributed by atoms with Gasteiger partial charge in [0.25, 0.3) is 5.56 Å². The number of aromatic nitrogens is 1. The lowest BCUT2D eigenvalue weighted by atomic mass is 10.1. The summed E-state index contributed by atoms with van der Waals surface area (Å²) in [7, 11) is 0. The van der Waals surface area contributed by atoms with Crippen molar-refractivity contribution in [3.05, 3.63) is 80.9 Å². The molecule has 0 atom stereocenters. The second kappa shape index (κ2) is 9.39. The van der Waals surface area contributed by atoms with E-state index in [9.17, 15) is 9.18 Å². The van der Waals surface area contributed by atoms with Crippen molar-refractivity contribution in [1.82, 2.24) is 15.2 Å². The monoisotopic (exact) mass is 425 g/mol. The zero-order chi connectivity index (χ0) is 21.8. The maximum Gasteiger partial charge on any atom is 0.253 e. The molecule has 6 heteroatoms. The van der Waals surface area contributed by atoms with E-state index >= 15 is 0 Å². The number of benzene rings is 2. The molecule has 0 aliphatic rings. The van der Waals surface area contributed by atoms with Crippen LogP contribution in [0.4, 0.5) is 4.39 Å². The Morgan fingerprint density at radius 1 is 1.13 bits per heavy atom. The first-order valence-corrected chi connectivity index (χ1v) is 10.5. The predicted molar refractivity (Wildman–Crippen MR) is 125 cm³/mol. The molecule has 0 saturated carbocycles. The Morgan fingerprint density at radius 3 is 2.50 bits per heavy atom. The lowest BCUT2D eigenvalue weighted by Crippen LogP contribution is -2.41. The number of thiocarbonyl (C=S) groups is 1. The van der Waals surface area contributed by atoms with Crippen molar-refractivity contribution < 1.29 is 4.39 Å². The molecule has 1 heterocycles. The van der Waals surface area contributed by atoms with E-state index in [1.54, 1.807) is 12.1 Å². The van der Waals surface area contributed by atoms with Crippen LogP contribution in [-0.4, -0.2) is 21.5 Å². The van der Waals surface area contributed by atoms with Crippen LogP contribution in [0.5, 0.6) is 0 Å². The maximum absolute atomic E-state index is 13.3. The average Bonchev–Trinajstić information content (AvgIpc) is 2.68. The SMILES string of the molecule is Cc1cc(C)c2[nH]c(=O)c(CN(Cc3ccc(F)cc3)C(=S)NCC(C)C)cc2c1. The summed E-state index contributed by atoms with van der Waals surface area (Å²) in [6, 6.07) is 12.4. The van der Waals surface area contributed by atoms with E-state index in [1.807, 2.05) is 24.8 Å². The number of halogens is 1. The highest BCUT2D eigenvalue weighted by Gasteiger charge is 2.15. The summed E-state index contributed by atoms with van der Waals surface area (Å²) < 4.78 is 13.3. The molecule has 2 aromatic carbocycles.